The number of hydrogen-bond donors (Lipinski definition) is 2. The molecule has 3 aliphatic carbocycles. The van der Waals surface area contributed by atoms with E-state index in [0.717, 1.165) is 12.5 Å². The molecule has 96 valence electrons. The van der Waals surface area contributed by atoms with E-state index in [1.54, 1.807) is 0 Å². The average Bonchev–Trinajstić information content (AvgIpc) is 2.25. The van der Waals surface area contributed by atoms with E-state index in [1.165, 1.54) is 0 Å². The third kappa shape index (κ3) is 2.02. The van der Waals surface area contributed by atoms with Gasteiger partial charge in [0.25, 0.3) is 0 Å². The van der Waals surface area contributed by atoms with Gasteiger partial charge in [-0.25, -0.2) is 4.79 Å². The summed E-state index contributed by atoms with van der Waals surface area (Å²) < 4.78 is 0. The molecule has 3 saturated carbocycles. The van der Waals surface area contributed by atoms with Gasteiger partial charge in [0.15, 0.2) is 0 Å². The highest BCUT2D eigenvalue weighted by Gasteiger charge is 2.66. The van der Waals surface area contributed by atoms with E-state index in [0.29, 0.717) is 12.3 Å². The molecule has 4 heteroatoms. The van der Waals surface area contributed by atoms with Gasteiger partial charge in [0.2, 0.25) is 0 Å². The van der Waals surface area contributed by atoms with Gasteiger partial charge in [-0.15, -0.1) is 0 Å². The molecule has 17 heavy (non-hydrogen) atoms. The zero-order valence-corrected chi connectivity index (χ0v) is 10.6. The van der Waals surface area contributed by atoms with E-state index in [9.17, 15) is 14.7 Å². The number of hydrogen-bond acceptors (Lipinski definition) is 3. The molecule has 3 unspecified atom stereocenters. The third-order valence-electron chi connectivity index (χ3n) is 4.52. The number of carbonyl (C=O) groups is 2. The molecule has 4 nitrogen and oxygen atoms in total. The first-order chi connectivity index (χ1) is 7.66. The van der Waals surface area contributed by atoms with Crippen molar-refractivity contribution in [2.75, 3.05) is 0 Å². The van der Waals surface area contributed by atoms with Gasteiger partial charge in [-0.3, -0.25) is 4.79 Å². The van der Waals surface area contributed by atoms with Crippen molar-refractivity contribution in [3.05, 3.63) is 12.7 Å². The SMILES string of the molecule is C=CC(=O)O.CC1C(=O)CC2CC1(O)C2(C)C. The van der Waals surface area contributed by atoms with Crippen LogP contribution in [0, 0.1) is 17.3 Å². The van der Waals surface area contributed by atoms with Crippen molar-refractivity contribution >= 4 is 11.8 Å². The van der Waals surface area contributed by atoms with E-state index in [2.05, 4.69) is 20.4 Å². The molecule has 0 spiro atoms. The minimum absolute atomic E-state index is 0.0413. The first-order valence-corrected chi connectivity index (χ1v) is 5.77. The lowest BCUT2D eigenvalue weighted by Gasteiger charge is -2.64. The van der Waals surface area contributed by atoms with Crippen molar-refractivity contribution in [2.45, 2.75) is 39.2 Å². The Morgan fingerprint density at radius 1 is 1.53 bits per heavy atom. The first-order valence-electron chi connectivity index (χ1n) is 5.77. The third-order valence-corrected chi connectivity index (χ3v) is 4.52. The molecular formula is C13H20O4. The Labute approximate surface area is 101 Å². The lowest BCUT2D eigenvalue weighted by molar-refractivity contribution is -0.241. The molecule has 3 aliphatic rings. The molecule has 3 atom stereocenters. The Balaban J connectivity index is 0.000000249. The monoisotopic (exact) mass is 240 g/mol. The number of carboxylic acid groups (broad SMARTS) is 1. The van der Waals surface area contributed by atoms with Gasteiger partial charge in [0, 0.05) is 18.4 Å². The maximum absolute atomic E-state index is 11.4. The molecule has 0 amide bonds. The van der Waals surface area contributed by atoms with Crippen LogP contribution in [0.5, 0.6) is 0 Å². The summed E-state index contributed by atoms with van der Waals surface area (Å²) in [6.07, 6.45) is 2.34. The largest absolute Gasteiger partial charge is 0.478 e. The second-order valence-electron chi connectivity index (χ2n) is 5.48. The van der Waals surface area contributed by atoms with Crippen molar-refractivity contribution in [2.24, 2.45) is 17.3 Å². The summed E-state index contributed by atoms with van der Waals surface area (Å²) in [4.78, 5) is 20.6. The maximum Gasteiger partial charge on any atom is 0.327 e. The predicted octanol–water partition coefficient (Wildman–Crippen LogP) is 1.63. The van der Waals surface area contributed by atoms with Crippen molar-refractivity contribution in [3.63, 3.8) is 0 Å². The minimum atomic E-state index is -0.981. The Morgan fingerprint density at radius 3 is 2.29 bits per heavy atom. The van der Waals surface area contributed by atoms with Crippen LogP contribution in [0.1, 0.15) is 33.6 Å². The summed E-state index contributed by atoms with van der Waals surface area (Å²) in [5.74, 6) is -0.471. The fraction of sp³-hybridized carbons (Fsp3) is 0.692. The van der Waals surface area contributed by atoms with Gasteiger partial charge < -0.3 is 10.2 Å². The number of Topliss-reactive ketones (excluding diaryl/α,β-unsaturated/α-hetero) is 1. The maximum atomic E-state index is 11.4. The summed E-state index contributed by atoms with van der Waals surface area (Å²) in [6.45, 7) is 8.97. The zero-order chi connectivity index (χ0) is 13.4. The summed E-state index contributed by atoms with van der Waals surface area (Å²) >= 11 is 0. The molecule has 2 bridgehead atoms. The quantitative estimate of drug-likeness (QED) is 0.683. The summed E-state index contributed by atoms with van der Waals surface area (Å²) in [6, 6.07) is 0. The molecule has 0 saturated heterocycles. The number of carbonyl (C=O) groups excluding carboxylic acids is 1. The number of aliphatic hydroxyl groups is 1. The van der Waals surface area contributed by atoms with Crippen LogP contribution in [0.3, 0.4) is 0 Å². The molecule has 0 heterocycles. The molecule has 0 radical (unpaired) electrons. The fourth-order valence-corrected chi connectivity index (χ4v) is 2.86. The van der Waals surface area contributed by atoms with E-state index >= 15 is 0 Å². The number of ketones is 1. The smallest absolute Gasteiger partial charge is 0.327 e. The van der Waals surface area contributed by atoms with Crippen LogP contribution in [0.2, 0.25) is 0 Å². The van der Waals surface area contributed by atoms with Crippen molar-refractivity contribution in [1.82, 2.24) is 0 Å². The van der Waals surface area contributed by atoms with Gasteiger partial charge in [-0.05, 0) is 17.8 Å². The highest BCUT2D eigenvalue weighted by atomic mass is 16.4. The summed E-state index contributed by atoms with van der Waals surface area (Å²) in [5, 5.41) is 17.8. The lowest BCUT2D eigenvalue weighted by Crippen LogP contribution is -2.69. The normalized spacial score (nSPS) is 37.3. The summed E-state index contributed by atoms with van der Waals surface area (Å²) in [7, 11) is 0. The molecule has 3 fully saturated rings. The van der Waals surface area contributed by atoms with E-state index in [1.807, 2.05) is 6.92 Å². The Kier molecular flexibility index (Phi) is 3.48. The van der Waals surface area contributed by atoms with Gasteiger partial charge in [0.1, 0.15) is 5.78 Å². The molecule has 0 aliphatic heterocycles. The average molecular weight is 240 g/mol. The van der Waals surface area contributed by atoms with E-state index in [-0.39, 0.29) is 17.1 Å². The highest BCUT2D eigenvalue weighted by Crippen LogP contribution is 2.62. The molecule has 0 aromatic heterocycles. The van der Waals surface area contributed by atoms with Crippen LogP contribution in [0.15, 0.2) is 12.7 Å². The van der Waals surface area contributed by atoms with Gasteiger partial charge in [-0.1, -0.05) is 27.4 Å². The minimum Gasteiger partial charge on any atom is -0.478 e. The number of aliphatic carboxylic acids is 1. The second kappa shape index (κ2) is 4.26. The van der Waals surface area contributed by atoms with Crippen molar-refractivity contribution in [1.29, 1.82) is 0 Å². The van der Waals surface area contributed by atoms with Crippen LogP contribution < -0.4 is 0 Å². The molecule has 2 N–H and O–H groups in total. The van der Waals surface area contributed by atoms with Crippen LogP contribution in [-0.2, 0) is 9.59 Å². The van der Waals surface area contributed by atoms with E-state index in [4.69, 9.17) is 5.11 Å². The Hall–Kier alpha value is -1.16. The molecule has 0 aromatic rings. The number of carboxylic acids is 1. The standard InChI is InChI=1S/C10H16O2.C3H4O2/c1-6-8(11)4-7-5-10(6,12)9(7,2)3;1-2-3(4)5/h6-7,12H,4-5H2,1-3H3;2H,1H2,(H,4,5). The molecule has 0 aromatic carbocycles. The van der Waals surface area contributed by atoms with E-state index < -0.39 is 11.6 Å². The van der Waals surface area contributed by atoms with Crippen molar-refractivity contribution < 1.29 is 19.8 Å². The summed E-state index contributed by atoms with van der Waals surface area (Å²) in [5.41, 5.74) is -0.743. The topological polar surface area (TPSA) is 74.6 Å². The Bertz CT molecular complexity index is 358. The zero-order valence-electron chi connectivity index (χ0n) is 10.6. The number of rotatable bonds is 1. The first kappa shape index (κ1) is 13.9. The molecule has 3 rings (SSSR count). The fourth-order valence-electron chi connectivity index (χ4n) is 2.86. The predicted molar refractivity (Wildman–Crippen MR) is 63.5 cm³/mol. The Morgan fingerprint density at radius 2 is 2.00 bits per heavy atom. The lowest BCUT2D eigenvalue weighted by atomic mass is 9.42. The van der Waals surface area contributed by atoms with Gasteiger partial charge >= 0.3 is 5.97 Å². The van der Waals surface area contributed by atoms with Crippen LogP contribution >= 0.6 is 0 Å². The van der Waals surface area contributed by atoms with Crippen LogP contribution in [0.25, 0.3) is 0 Å². The van der Waals surface area contributed by atoms with Crippen LogP contribution in [-0.4, -0.2) is 27.6 Å². The van der Waals surface area contributed by atoms with Crippen molar-refractivity contribution in [3.8, 4) is 0 Å². The molecular weight excluding hydrogens is 220 g/mol. The van der Waals surface area contributed by atoms with Gasteiger partial charge in [-0.2, -0.15) is 0 Å². The highest BCUT2D eigenvalue weighted by molar-refractivity contribution is 5.84. The number of fused-ring (bicyclic) bond motifs is 2. The second-order valence-corrected chi connectivity index (χ2v) is 5.48. The van der Waals surface area contributed by atoms with Crippen LogP contribution in [0.4, 0.5) is 0 Å². The van der Waals surface area contributed by atoms with Gasteiger partial charge in [0.05, 0.1) is 5.60 Å².